The lowest BCUT2D eigenvalue weighted by molar-refractivity contribution is -0.384. The van der Waals surface area contributed by atoms with Crippen LogP contribution in [0.1, 0.15) is 19.5 Å². The minimum atomic E-state index is -0.477. The van der Waals surface area contributed by atoms with Crippen LogP contribution in [0.4, 0.5) is 5.69 Å². The number of H-pyrrole nitrogens is 1. The summed E-state index contributed by atoms with van der Waals surface area (Å²) < 4.78 is 0.408. The highest BCUT2D eigenvalue weighted by atomic mass is 79.9. The normalized spacial score (nSPS) is 10.9. The Hall–Kier alpha value is -2.02. The average Bonchev–Trinajstić information content (AvgIpc) is 2.43. The fraction of sp³-hybridized carbons (Fsp3) is 0.286. The molecule has 7 heteroatoms. The van der Waals surface area contributed by atoms with Crippen LogP contribution in [0.5, 0.6) is 0 Å². The Balaban J connectivity index is 2.54. The molecule has 0 spiro atoms. The second kappa shape index (κ2) is 6.17. The molecule has 21 heavy (non-hydrogen) atoms. The van der Waals surface area contributed by atoms with E-state index in [1.54, 1.807) is 12.1 Å². The summed E-state index contributed by atoms with van der Waals surface area (Å²) in [5.41, 5.74) is 0.833. The number of halogens is 1. The molecule has 1 heterocycles. The Bertz CT molecular complexity index is 740. The number of rotatable bonds is 4. The number of aromatic nitrogens is 2. The second-order valence-electron chi connectivity index (χ2n) is 5.08. The number of nitro groups is 1. The number of nitro benzene ring substituents is 1. The molecule has 1 aromatic carbocycles. The van der Waals surface area contributed by atoms with Crippen LogP contribution in [-0.2, 0) is 6.42 Å². The molecular formula is C14H14BrN3O3. The average molecular weight is 352 g/mol. The summed E-state index contributed by atoms with van der Waals surface area (Å²) in [5, 5.41) is 10.8. The molecule has 2 rings (SSSR count). The van der Waals surface area contributed by atoms with Crippen LogP contribution < -0.4 is 5.56 Å². The van der Waals surface area contributed by atoms with Gasteiger partial charge in [0.15, 0.2) is 0 Å². The van der Waals surface area contributed by atoms with Crippen molar-refractivity contribution in [1.29, 1.82) is 0 Å². The second-order valence-corrected chi connectivity index (χ2v) is 5.87. The highest BCUT2D eigenvalue weighted by molar-refractivity contribution is 9.10. The molecule has 1 aromatic heterocycles. The van der Waals surface area contributed by atoms with E-state index in [2.05, 4.69) is 25.9 Å². The first kappa shape index (κ1) is 15.4. The number of aromatic amines is 1. The van der Waals surface area contributed by atoms with E-state index in [-0.39, 0.29) is 11.2 Å². The fourth-order valence-electron chi connectivity index (χ4n) is 1.93. The topological polar surface area (TPSA) is 88.9 Å². The number of benzene rings is 1. The lowest BCUT2D eigenvalue weighted by atomic mass is 10.1. The third kappa shape index (κ3) is 3.55. The maximum atomic E-state index is 12.0. The van der Waals surface area contributed by atoms with Gasteiger partial charge in [-0.2, -0.15) is 0 Å². The zero-order valence-corrected chi connectivity index (χ0v) is 13.2. The number of nitrogens with zero attached hydrogens (tertiary/aromatic N) is 2. The van der Waals surface area contributed by atoms with Crippen molar-refractivity contribution in [1.82, 2.24) is 9.97 Å². The summed E-state index contributed by atoms with van der Waals surface area (Å²) in [6, 6.07) is 6.04. The van der Waals surface area contributed by atoms with Crippen LogP contribution in [0, 0.1) is 16.0 Å². The maximum Gasteiger partial charge on any atom is 0.270 e. The van der Waals surface area contributed by atoms with Crippen molar-refractivity contribution in [3.63, 3.8) is 0 Å². The largest absolute Gasteiger partial charge is 0.306 e. The van der Waals surface area contributed by atoms with Gasteiger partial charge in [-0.3, -0.25) is 14.9 Å². The maximum absolute atomic E-state index is 12.0. The van der Waals surface area contributed by atoms with Gasteiger partial charge in [-0.1, -0.05) is 26.0 Å². The number of hydrogen-bond acceptors (Lipinski definition) is 4. The predicted octanol–water partition coefficient (Wildman–Crippen LogP) is 3.31. The third-order valence-electron chi connectivity index (χ3n) is 2.86. The van der Waals surface area contributed by atoms with E-state index < -0.39 is 4.92 Å². The van der Waals surface area contributed by atoms with E-state index in [0.717, 1.165) is 0 Å². The van der Waals surface area contributed by atoms with Crippen LogP contribution in [0.25, 0.3) is 11.4 Å². The monoisotopic (exact) mass is 351 g/mol. The van der Waals surface area contributed by atoms with Gasteiger partial charge >= 0.3 is 0 Å². The molecule has 2 aromatic rings. The van der Waals surface area contributed by atoms with Crippen molar-refractivity contribution in [3.8, 4) is 11.4 Å². The number of nitrogens with one attached hydrogen (secondary N) is 1. The molecule has 0 radical (unpaired) electrons. The van der Waals surface area contributed by atoms with Crippen LogP contribution >= 0.6 is 15.9 Å². The van der Waals surface area contributed by atoms with Crippen LogP contribution in [0.2, 0.25) is 0 Å². The van der Waals surface area contributed by atoms with Crippen LogP contribution in [-0.4, -0.2) is 14.9 Å². The fourth-order valence-corrected chi connectivity index (χ4v) is 2.28. The van der Waals surface area contributed by atoms with Crippen LogP contribution in [0.15, 0.2) is 33.5 Å². The lowest BCUT2D eigenvalue weighted by Gasteiger charge is -2.08. The lowest BCUT2D eigenvalue weighted by Crippen LogP contribution is -2.15. The highest BCUT2D eigenvalue weighted by Crippen LogP contribution is 2.22. The first-order valence-corrected chi connectivity index (χ1v) is 7.21. The Morgan fingerprint density at radius 3 is 2.76 bits per heavy atom. The zero-order valence-electron chi connectivity index (χ0n) is 11.6. The van der Waals surface area contributed by atoms with Crippen molar-refractivity contribution < 1.29 is 4.92 Å². The Kier molecular flexibility index (Phi) is 4.52. The van der Waals surface area contributed by atoms with Gasteiger partial charge < -0.3 is 4.98 Å². The van der Waals surface area contributed by atoms with Gasteiger partial charge in [0.1, 0.15) is 10.3 Å². The van der Waals surface area contributed by atoms with Crippen molar-refractivity contribution >= 4 is 21.6 Å². The summed E-state index contributed by atoms with van der Waals surface area (Å²) in [4.78, 5) is 29.4. The van der Waals surface area contributed by atoms with Gasteiger partial charge in [-0.25, -0.2) is 4.98 Å². The Labute approximate surface area is 129 Å². The van der Waals surface area contributed by atoms with Crippen LogP contribution in [0.3, 0.4) is 0 Å². The molecule has 110 valence electrons. The van der Waals surface area contributed by atoms with E-state index in [0.29, 0.717) is 33.9 Å². The van der Waals surface area contributed by atoms with Gasteiger partial charge in [0.25, 0.3) is 11.2 Å². The van der Waals surface area contributed by atoms with E-state index in [4.69, 9.17) is 0 Å². The summed E-state index contributed by atoms with van der Waals surface area (Å²) in [6.45, 7) is 4.06. The SMILES string of the molecule is CC(C)Cc1nc(-c2cccc([N+](=O)[O-])c2)[nH]c(=O)c1Br. The standard InChI is InChI=1S/C14H14BrN3O3/c1-8(2)6-11-12(15)14(19)17-13(16-11)9-4-3-5-10(7-9)18(20)21/h3-5,7-8H,6H2,1-2H3,(H,16,17,19). The molecule has 0 aliphatic carbocycles. The summed E-state index contributed by atoms with van der Waals surface area (Å²) in [5.74, 6) is 0.677. The quantitative estimate of drug-likeness (QED) is 0.675. The molecular weight excluding hydrogens is 338 g/mol. The number of non-ortho nitro benzene ring substituents is 1. The summed E-state index contributed by atoms with van der Waals surface area (Å²) in [6.07, 6.45) is 0.645. The number of hydrogen-bond donors (Lipinski definition) is 1. The van der Waals surface area contributed by atoms with Gasteiger partial charge in [-0.15, -0.1) is 0 Å². The van der Waals surface area contributed by atoms with Gasteiger partial charge in [0, 0.05) is 17.7 Å². The first-order chi connectivity index (χ1) is 9.88. The molecule has 1 N–H and O–H groups in total. The minimum absolute atomic E-state index is 0.0384. The molecule has 0 atom stereocenters. The van der Waals surface area contributed by atoms with E-state index in [1.165, 1.54) is 12.1 Å². The van der Waals surface area contributed by atoms with E-state index >= 15 is 0 Å². The van der Waals surface area contributed by atoms with Gasteiger partial charge in [-0.05, 0) is 28.3 Å². The molecule has 0 fully saturated rings. The Morgan fingerprint density at radius 2 is 2.14 bits per heavy atom. The van der Waals surface area contributed by atoms with Gasteiger partial charge in [0.05, 0.1) is 10.6 Å². The molecule has 0 saturated heterocycles. The third-order valence-corrected chi connectivity index (χ3v) is 3.68. The van der Waals surface area contributed by atoms with Crippen molar-refractivity contribution in [2.24, 2.45) is 5.92 Å². The Morgan fingerprint density at radius 1 is 1.43 bits per heavy atom. The molecule has 0 unspecified atom stereocenters. The molecule has 6 nitrogen and oxygen atoms in total. The van der Waals surface area contributed by atoms with E-state index in [1.807, 2.05) is 13.8 Å². The molecule has 0 amide bonds. The van der Waals surface area contributed by atoms with E-state index in [9.17, 15) is 14.9 Å². The van der Waals surface area contributed by atoms with Gasteiger partial charge in [0.2, 0.25) is 0 Å². The first-order valence-electron chi connectivity index (χ1n) is 6.42. The predicted molar refractivity (Wildman–Crippen MR) is 83.2 cm³/mol. The summed E-state index contributed by atoms with van der Waals surface area (Å²) >= 11 is 3.24. The molecule has 0 bridgehead atoms. The zero-order chi connectivity index (χ0) is 15.6. The van der Waals surface area contributed by atoms with Crippen molar-refractivity contribution in [2.75, 3.05) is 0 Å². The minimum Gasteiger partial charge on any atom is -0.306 e. The molecule has 0 aliphatic rings. The van der Waals surface area contributed by atoms with Crippen molar-refractivity contribution in [2.45, 2.75) is 20.3 Å². The summed E-state index contributed by atoms with van der Waals surface area (Å²) in [7, 11) is 0. The smallest absolute Gasteiger partial charge is 0.270 e. The highest BCUT2D eigenvalue weighted by Gasteiger charge is 2.13. The van der Waals surface area contributed by atoms with Crippen molar-refractivity contribution in [3.05, 3.63) is 54.9 Å². The molecule has 0 aliphatic heterocycles. The molecule has 0 saturated carbocycles.